The average Bonchev–Trinajstić information content (AvgIpc) is 2.57. The topological polar surface area (TPSA) is 78.9 Å². The lowest BCUT2D eigenvalue weighted by molar-refractivity contribution is 0.311. The van der Waals surface area contributed by atoms with Crippen LogP contribution in [0.2, 0.25) is 0 Å². The van der Waals surface area contributed by atoms with Crippen molar-refractivity contribution in [2.75, 3.05) is 31.6 Å². The summed E-state index contributed by atoms with van der Waals surface area (Å²) in [6.45, 7) is 1.61. The van der Waals surface area contributed by atoms with Gasteiger partial charge >= 0.3 is 0 Å². The summed E-state index contributed by atoms with van der Waals surface area (Å²) in [7, 11) is -1.66. The van der Waals surface area contributed by atoms with Gasteiger partial charge in [-0.05, 0) is 42.3 Å². The Hall–Kier alpha value is -2.25. The molecule has 128 valence electrons. The van der Waals surface area contributed by atoms with Crippen molar-refractivity contribution in [3.63, 3.8) is 0 Å². The molecular formula is C17H20N2O4S. The first-order valence-electron chi connectivity index (χ1n) is 7.71. The Morgan fingerprint density at radius 1 is 1.21 bits per heavy atom. The molecule has 0 atom stereocenters. The third-order valence-electron chi connectivity index (χ3n) is 3.98. The van der Waals surface area contributed by atoms with Crippen LogP contribution in [0.25, 0.3) is 0 Å². The number of nitrogens with zero attached hydrogens (tertiary/aromatic N) is 1. The molecule has 3 rings (SSSR count). The molecular weight excluding hydrogens is 328 g/mol. The number of benzene rings is 2. The van der Waals surface area contributed by atoms with Gasteiger partial charge in [0, 0.05) is 13.6 Å². The van der Waals surface area contributed by atoms with Crippen LogP contribution in [-0.4, -0.2) is 40.3 Å². The predicted molar refractivity (Wildman–Crippen MR) is 92.2 cm³/mol. The lowest BCUT2D eigenvalue weighted by atomic mass is 10.1. The number of anilines is 1. The molecule has 0 unspecified atom stereocenters. The van der Waals surface area contributed by atoms with Gasteiger partial charge in [-0.2, -0.15) is 0 Å². The smallest absolute Gasteiger partial charge is 0.240 e. The van der Waals surface area contributed by atoms with Crippen LogP contribution >= 0.6 is 0 Å². The number of hydrogen-bond acceptors (Lipinski definition) is 5. The van der Waals surface area contributed by atoms with Crippen molar-refractivity contribution >= 4 is 15.7 Å². The summed E-state index contributed by atoms with van der Waals surface area (Å²) in [5, 5.41) is 9.25. The molecule has 0 saturated heterocycles. The number of rotatable bonds is 5. The highest BCUT2D eigenvalue weighted by Gasteiger charge is 2.20. The molecule has 2 N–H and O–H groups in total. The molecule has 1 heterocycles. The molecule has 24 heavy (non-hydrogen) atoms. The van der Waals surface area contributed by atoms with Crippen LogP contribution in [0.3, 0.4) is 0 Å². The van der Waals surface area contributed by atoms with E-state index in [0.717, 1.165) is 17.8 Å². The monoisotopic (exact) mass is 348 g/mol. The van der Waals surface area contributed by atoms with Crippen LogP contribution in [-0.2, 0) is 16.4 Å². The molecule has 1 aliphatic heterocycles. The minimum Gasteiger partial charge on any atom is -0.508 e. The zero-order chi connectivity index (χ0) is 17.2. The first-order chi connectivity index (χ1) is 11.5. The molecule has 0 saturated carbocycles. The number of nitrogens with one attached hydrogen (secondary N) is 1. The minimum atomic E-state index is -3.58. The van der Waals surface area contributed by atoms with Gasteiger partial charge in [0.05, 0.1) is 17.1 Å². The Morgan fingerprint density at radius 3 is 2.71 bits per heavy atom. The van der Waals surface area contributed by atoms with E-state index in [-0.39, 0.29) is 17.2 Å². The fourth-order valence-corrected chi connectivity index (χ4v) is 3.62. The summed E-state index contributed by atoms with van der Waals surface area (Å²) in [6.07, 6.45) is 0.549. The molecule has 0 bridgehead atoms. The van der Waals surface area contributed by atoms with E-state index in [2.05, 4.69) is 4.72 Å². The summed E-state index contributed by atoms with van der Waals surface area (Å²) in [6, 6.07) is 11.6. The first kappa shape index (κ1) is 16.6. The molecule has 0 spiro atoms. The van der Waals surface area contributed by atoms with Crippen LogP contribution in [0.4, 0.5) is 5.69 Å². The largest absolute Gasteiger partial charge is 0.508 e. The molecule has 2 aromatic rings. The van der Waals surface area contributed by atoms with Gasteiger partial charge in [0.1, 0.15) is 18.1 Å². The zero-order valence-electron chi connectivity index (χ0n) is 13.4. The Kier molecular flexibility index (Phi) is 4.64. The number of fused-ring (bicyclic) bond motifs is 1. The third kappa shape index (κ3) is 3.63. The summed E-state index contributed by atoms with van der Waals surface area (Å²) >= 11 is 0. The second-order valence-corrected chi connectivity index (χ2v) is 7.48. The van der Waals surface area contributed by atoms with Gasteiger partial charge < -0.3 is 14.7 Å². The van der Waals surface area contributed by atoms with Crippen LogP contribution in [0, 0.1) is 0 Å². The molecule has 0 fully saturated rings. The number of likely N-dealkylation sites (N-methyl/N-ethyl adjacent to an activating group) is 1. The molecule has 1 aliphatic rings. The normalized spacial score (nSPS) is 14.1. The predicted octanol–water partition coefficient (Wildman–Crippen LogP) is 1.74. The third-order valence-corrected chi connectivity index (χ3v) is 5.44. The van der Waals surface area contributed by atoms with E-state index in [1.54, 1.807) is 42.5 Å². The number of phenols is 1. The van der Waals surface area contributed by atoms with Gasteiger partial charge in [0.25, 0.3) is 0 Å². The SMILES string of the molecule is CN1CCOc2ccc(S(=O)(=O)NCCc3ccc(O)cc3)cc21. The van der Waals surface area contributed by atoms with Gasteiger partial charge in [-0.3, -0.25) is 0 Å². The second kappa shape index (κ2) is 6.70. The van der Waals surface area contributed by atoms with E-state index in [0.29, 0.717) is 18.8 Å². The molecule has 0 aromatic heterocycles. The number of hydrogen-bond donors (Lipinski definition) is 2. The quantitative estimate of drug-likeness (QED) is 0.860. The Balaban J connectivity index is 1.69. The molecule has 0 radical (unpaired) electrons. The minimum absolute atomic E-state index is 0.194. The van der Waals surface area contributed by atoms with Gasteiger partial charge in [-0.15, -0.1) is 0 Å². The maximum atomic E-state index is 12.5. The maximum Gasteiger partial charge on any atom is 0.240 e. The average molecular weight is 348 g/mol. The van der Waals surface area contributed by atoms with Crippen LogP contribution in [0.5, 0.6) is 11.5 Å². The molecule has 0 amide bonds. The van der Waals surface area contributed by atoms with Gasteiger partial charge in [0.15, 0.2) is 0 Å². The Labute approximate surface area is 141 Å². The molecule has 0 aliphatic carbocycles. The van der Waals surface area contributed by atoms with Gasteiger partial charge in [0.2, 0.25) is 10.0 Å². The standard InChI is InChI=1S/C17H20N2O4S/c1-19-10-11-23-17-7-6-15(12-16(17)19)24(21,22)18-9-8-13-2-4-14(20)5-3-13/h2-7,12,18,20H,8-11H2,1H3. The summed E-state index contributed by atoms with van der Waals surface area (Å²) in [4.78, 5) is 2.21. The number of phenolic OH excluding ortho intramolecular Hbond substituents is 1. The van der Waals surface area contributed by atoms with E-state index >= 15 is 0 Å². The highest BCUT2D eigenvalue weighted by atomic mass is 32.2. The van der Waals surface area contributed by atoms with Crippen molar-refractivity contribution in [2.45, 2.75) is 11.3 Å². The molecule has 7 heteroatoms. The van der Waals surface area contributed by atoms with E-state index in [9.17, 15) is 13.5 Å². The number of aromatic hydroxyl groups is 1. The van der Waals surface area contributed by atoms with Crippen molar-refractivity contribution in [1.29, 1.82) is 0 Å². The van der Waals surface area contributed by atoms with E-state index in [4.69, 9.17) is 4.74 Å². The van der Waals surface area contributed by atoms with Crippen molar-refractivity contribution in [2.24, 2.45) is 0 Å². The van der Waals surface area contributed by atoms with Crippen molar-refractivity contribution in [1.82, 2.24) is 4.72 Å². The van der Waals surface area contributed by atoms with Crippen LogP contribution in [0.15, 0.2) is 47.4 Å². The van der Waals surface area contributed by atoms with Crippen molar-refractivity contribution < 1.29 is 18.3 Å². The maximum absolute atomic E-state index is 12.5. The molecule has 2 aromatic carbocycles. The summed E-state index contributed by atoms with van der Waals surface area (Å²) in [5.41, 5.74) is 1.73. The summed E-state index contributed by atoms with van der Waals surface area (Å²) in [5.74, 6) is 0.895. The Morgan fingerprint density at radius 2 is 1.96 bits per heavy atom. The van der Waals surface area contributed by atoms with Crippen molar-refractivity contribution in [3.8, 4) is 11.5 Å². The van der Waals surface area contributed by atoms with Crippen LogP contribution in [0.1, 0.15) is 5.56 Å². The van der Waals surface area contributed by atoms with E-state index in [1.165, 1.54) is 0 Å². The second-order valence-electron chi connectivity index (χ2n) is 5.71. The fourth-order valence-electron chi connectivity index (χ4n) is 2.57. The number of sulfonamides is 1. The zero-order valence-corrected chi connectivity index (χ0v) is 14.2. The summed E-state index contributed by atoms with van der Waals surface area (Å²) < 4.78 is 33.1. The highest BCUT2D eigenvalue weighted by molar-refractivity contribution is 7.89. The van der Waals surface area contributed by atoms with E-state index in [1.807, 2.05) is 11.9 Å². The first-order valence-corrected chi connectivity index (χ1v) is 9.19. The van der Waals surface area contributed by atoms with Gasteiger partial charge in [-0.25, -0.2) is 13.1 Å². The van der Waals surface area contributed by atoms with E-state index < -0.39 is 10.0 Å². The van der Waals surface area contributed by atoms with Gasteiger partial charge in [-0.1, -0.05) is 12.1 Å². The highest BCUT2D eigenvalue weighted by Crippen LogP contribution is 2.32. The number of ether oxygens (including phenoxy) is 1. The fraction of sp³-hybridized carbons (Fsp3) is 0.294. The van der Waals surface area contributed by atoms with Crippen molar-refractivity contribution in [3.05, 3.63) is 48.0 Å². The lowest BCUT2D eigenvalue weighted by Crippen LogP contribution is -2.30. The molecule has 6 nitrogen and oxygen atoms in total. The van der Waals surface area contributed by atoms with Crippen LogP contribution < -0.4 is 14.4 Å². The Bertz CT molecular complexity index is 819. The lowest BCUT2D eigenvalue weighted by Gasteiger charge is -2.28.